The van der Waals surface area contributed by atoms with Gasteiger partial charge in [0.05, 0.1) is 12.5 Å². The molecule has 5 nitrogen and oxygen atoms in total. The molecule has 0 aliphatic carbocycles. The van der Waals surface area contributed by atoms with Gasteiger partial charge in [0, 0.05) is 29.0 Å². The predicted octanol–water partition coefficient (Wildman–Crippen LogP) is 2.81. The van der Waals surface area contributed by atoms with Crippen LogP contribution in [0.5, 0.6) is 0 Å². The molecule has 0 unspecified atom stereocenters. The van der Waals surface area contributed by atoms with Crippen molar-refractivity contribution in [3.8, 4) is 0 Å². The molecule has 3 rings (SSSR count). The SMILES string of the molecule is CC1=C(CC(=O)N[C@@H](C)c2ccc(F)cc2F)C(=O)N[C]2C=CNC(F)=C21. The average molecular weight is 376 g/mol. The van der Waals surface area contributed by atoms with Crippen LogP contribution in [-0.4, -0.2) is 11.8 Å². The standard InChI is InChI=1S/C19H17F3N3O2/c1-9-13(19(27)25-15-5-6-23-18(22)17(9)15)8-16(26)24-10(2)12-4-3-11(20)7-14(12)21/h3-7,10,23H,8H2,1-2H3,(H,24,26)(H,25,27)/t10-/m0/s1. The van der Waals surface area contributed by atoms with Gasteiger partial charge in [-0.25, -0.2) is 8.78 Å². The van der Waals surface area contributed by atoms with E-state index < -0.39 is 35.4 Å². The van der Waals surface area contributed by atoms with E-state index >= 15 is 0 Å². The van der Waals surface area contributed by atoms with Gasteiger partial charge in [0.15, 0.2) is 5.95 Å². The molecule has 0 spiro atoms. The van der Waals surface area contributed by atoms with Gasteiger partial charge >= 0.3 is 0 Å². The molecular formula is C19H17F3N3O2. The first-order valence-electron chi connectivity index (χ1n) is 8.24. The molecular weight excluding hydrogens is 359 g/mol. The molecule has 27 heavy (non-hydrogen) atoms. The Hall–Kier alpha value is -3.03. The number of rotatable bonds is 4. The summed E-state index contributed by atoms with van der Waals surface area (Å²) < 4.78 is 40.9. The second-order valence-corrected chi connectivity index (χ2v) is 6.27. The Bertz CT molecular complexity index is 905. The number of hydrogen-bond acceptors (Lipinski definition) is 3. The van der Waals surface area contributed by atoms with Crippen molar-refractivity contribution < 1.29 is 22.8 Å². The fourth-order valence-corrected chi connectivity index (χ4v) is 3.06. The molecule has 1 aromatic rings. The van der Waals surface area contributed by atoms with Gasteiger partial charge in [-0.3, -0.25) is 9.59 Å². The van der Waals surface area contributed by atoms with Crippen molar-refractivity contribution in [3.63, 3.8) is 0 Å². The zero-order valence-corrected chi connectivity index (χ0v) is 14.6. The molecule has 3 N–H and O–H groups in total. The molecule has 2 amide bonds. The van der Waals surface area contributed by atoms with Crippen LogP contribution in [0.3, 0.4) is 0 Å². The molecule has 0 aromatic heterocycles. The van der Waals surface area contributed by atoms with Crippen LogP contribution in [0, 0.1) is 17.7 Å². The molecule has 141 valence electrons. The van der Waals surface area contributed by atoms with Gasteiger partial charge < -0.3 is 16.0 Å². The number of fused-ring (bicyclic) bond motifs is 1. The number of halogens is 3. The number of nitrogens with one attached hydrogen (secondary N) is 3. The normalized spacial score (nSPS) is 18.0. The minimum absolute atomic E-state index is 0.116. The highest BCUT2D eigenvalue weighted by atomic mass is 19.1. The Kier molecular flexibility index (Phi) is 5.07. The summed E-state index contributed by atoms with van der Waals surface area (Å²) in [6.07, 6.45) is 2.58. The summed E-state index contributed by atoms with van der Waals surface area (Å²) in [6, 6.07) is 2.66. The van der Waals surface area contributed by atoms with E-state index in [-0.39, 0.29) is 23.1 Å². The summed E-state index contributed by atoms with van der Waals surface area (Å²) in [5.74, 6) is -3.16. The minimum Gasteiger partial charge on any atom is -0.349 e. The quantitative estimate of drug-likeness (QED) is 0.708. The Morgan fingerprint density at radius 3 is 2.70 bits per heavy atom. The van der Waals surface area contributed by atoms with Gasteiger partial charge in [-0.1, -0.05) is 6.07 Å². The fraction of sp³-hybridized carbons (Fsp3) is 0.211. The van der Waals surface area contributed by atoms with Crippen molar-refractivity contribution in [1.29, 1.82) is 0 Å². The zero-order valence-electron chi connectivity index (χ0n) is 14.6. The second kappa shape index (κ2) is 7.30. The molecule has 0 saturated carbocycles. The number of benzene rings is 1. The average Bonchev–Trinajstić information content (AvgIpc) is 2.58. The number of hydrogen-bond donors (Lipinski definition) is 3. The van der Waals surface area contributed by atoms with E-state index in [0.717, 1.165) is 12.1 Å². The summed E-state index contributed by atoms with van der Waals surface area (Å²) in [5, 5.41) is 7.53. The summed E-state index contributed by atoms with van der Waals surface area (Å²) in [4.78, 5) is 24.6. The molecule has 1 atom stereocenters. The highest BCUT2D eigenvalue weighted by Gasteiger charge is 2.33. The highest BCUT2D eigenvalue weighted by molar-refractivity contribution is 6.03. The van der Waals surface area contributed by atoms with E-state index in [1.54, 1.807) is 13.8 Å². The maximum Gasteiger partial charge on any atom is 0.249 e. The summed E-state index contributed by atoms with van der Waals surface area (Å²) in [5.41, 5.74) is 0.774. The van der Waals surface area contributed by atoms with E-state index in [9.17, 15) is 22.8 Å². The van der Waals surface area contributed by atoms with Gasteiger partial charge in [-0.15, -0.1) is 0 Å². The first-order chi connectivity index (χ1) is 12.8. The Labute approximate surface area is 154 Å². The third-order valence-electron chi connectivity index (χ3n) is 4.44. The van der Waals surface area contributed by atoms with Crippen LogP contribution in [-0.2, 0) is 9.59 Å². The van der Waals surface area contributed by atoms with Gasteiger partial charge in [0.1, 0.15) is 17.7 Å². The monoisotopic (exact) mass is 376 g/mol. The first-order valence-corrected chi connectivity index (χ1v) is 8.24. The van der Waals surface area contributed by atoms with E-state index in [2.05, 4.69) is 16.0 Å². The van der Waals surface area contributed by atoms with E-state index in [1.807, 2.05) is 0 Å². The van der Waals surface area contributed by atoms with Gasteiger partial charge in [-0.05, 0) is 31.6 Å². The van der Waals surface area contributed by atoms with Crippen LogP contribution in [0.1, 0.15) is 31.9 Å². The number of dihydropyridines is 1. The topological polar surface area (TPSA) is 70.2 Å². The van der Waals surface area contributed by atoms with Crippen LogP contribution in [0.2, 0.25) is 0 Å². The van der Waals surface area contributed by atoms with Crippen molar-refractivity contribution in [3.05, 3.63) is 76.4 Å². The van der Waals surface area contributed by atoms with Crippen LogP contribution >= 0.6 is 0 Å². The van der Waals surface area contributed by atoms with Crippen molar-refractivity contribution in [2.45, 2.75) is 26.3 Å². The van der Waals surface area contributed by atoms with Crippen LogP contribution in [0.4, 0.5) is 13.2 Å². The maximum absolute atomic E-state index is 14.1. The Morgan fingerprint density at radius 1 is 1.26 bits per heavy atom. The van der Waals surface area contributed by atoms with Gasteiger partial charge in [-0.2, -0.15) is 4.39 Å². The molecule has 2 aliphatic heterocycles. The predicted molar refractivity (Wildman–Crippen MR) is 92.0 cm³/mol. The molecule has 2 heterocycles. The minimum atomic E-state index is -0.778. The molecule has 0 fully saturated rings. The molecule has 1 radical (unpaired) electrons. The van der Waals surface area contributed by atoms with Crippen molar-refractivity contribution in [1.82, 2.24) is 16.0 Å². The van der Waals surface area contributed by atoms with Crippen LogP contribution in [0.25, 0.3) is 0 Å². The maximum atomic E-state index is 14.1. The summed E-state index contributed by atoms with van der Waals surface area (Å²) >= 11 is 0. The lowest BCUT2D eigenvalue weighted by molar-refractivity contribution is -0.123. The fourth-order valence-electron chi connectivity index (χ4n) is 3.06. The molecule has 2 aliphatic rings. The molecule has 0 bridgehead atoms. The third-order valence-corrected chi connectivity index (χ3v) is 4.44. The zero-order chi connectivity index (χ0) is 19.7. The van der Waals surface area contributed by atoms with E-state index in [1.165, 1.54) is 18.3 Å². The Balaban J connectivity index is 1.77. The summed E-state index contributed by atoms with van der Waals surface area (Å²) in [6.45, 7) is 3.10. The van der Waals surface area contributed by atoms with Crippen molar-refractivity contribution >= 4 is 11.8 Å². The third kappa shape index (κ3) is 3.74. The largest absolute Gasteiger partial charge is 0.349 e. The number of carbonyl (C=O) groups excluding carboxylic acids is 2. The second-order valence-electron chi connectivity index (χ2n) is 6.27. The highest BCUT2D eigenvalue weighted by Crippen LogP contribution is 2.34. The van der Waals surface area contributed by atoms with Crippen LogP contribution < -0.4 is 16.0 Å². The number of carbonyl (C=O) groups is 2. The van der Waals surface area contributed by atoms with Gasteiger partial charge in [0.2, 0.25) is 11.8 Å². The molecule has 8 heteroatoms. The van der Waals surface area contributed by atoms with Crippen molar-refractivity contribution in [2.75, 3.05) is 0 Å². The van der Waals surface area contributed by atoms with Gasteiger partial charge in [0.25, 0.3) is 0 Å². The molecule has 1 aromatic carbocycles. The van der Waals surface area contributed by atoms with Crippen LogP contribution in [0.15, 0.2) is 53.1 Å². The first kappa shape index (κ1) is 18.8. The lowest BCUT2D eigenvalue weighted by atomic mass is 9.88. The van der Waals surface area contributed by atoms with Crippen molar-refractivity contribution in [2.24, 2.45) is 0 Å². The smallest absolute Gasteiger partial charge is 0.249 e. The summed E-state index contributed by atoms with van der Waals surface area (Å²) in [7, 11) is 0. The lowest BCUT2D eigenvalue weighted by Crippen LogP contribution is -2.39. The lowest BCUT2D eigenvalue weighted by Gasteiger charge is -2.29. The molecule has 0 saturated heterocycles. The number of amides is 2. The van der Waals surface area contributed by atoms with E-state index in [0.29, 0.717) is 11.6 Å². The van der Waals surface area contributed by atoms with E-state index in [4.69, 9.17) is 0 Å². The Morgan fingerprint density at radius 2 is 2.00 bits per heavy atom.